The van der Waals surface area contributed by atoms with Crippen molar-refractivity contribution in [1.29, 1.82) is 0 Å². The Bertz CT molecular complexity index is 749. The molecule has 0 aromatic carbocycles. The number of halogens is 1. The molecule has 20 heavy (non-hydrogen) atoms. The quantitative estimate of drug-likeness (QED) is 0.897. The van der Waals surface area contributed by atoms with Crippen molar-refractivity contribution in [2.75, 3.05) is 0 Å². The van der Waals surface area contributed by atoms with Crippen LogP contribution in [-0.4, -0.2) is 20.2 Å². The van der Waals surface area contributed by atoms with E-state index in [0.29, 0.717) is 16.8 Å². The maximum atomic E-state index is 11.7. The fourth-order valence-corrected chi connectivity index (χ4v) is 2.47. The smallest absolute Gasteiger partial charge is 0.313 e. The van der Waals surface area contributed by atoms with Gasteiger partial charge in [-0.1, -0.05) is 30.9 Å². The van der Waals surface area contributed by atoms with E-state index in [2.05, 4.69) is 20.2 Å². The monoisotopic (exact) mass is 292 g/mol. The van der Waals surface area contributed by atoms with Crippen LogP contribution in [0.15, 0.2) is 21.9 Å². The maximum absolute atomic E-state index is 11.7. The largest absolute Gasteiger partial charge is 0.325 e. The highest BCUT2D eigenvalue weighted by atomic mass is 35.5. The minimum absolute atomic E-state index is 0.281. The molecule has 3 rings (SSSR count). The first kappa shape index (κ1) is 13.1. The summed E-state index contributed by atoms with van der Waals surface area (Å²) in [4.78, 5) is 27.4. The molecule has 104 valence electrons. The van der Waals surface area contributed by atoms with Gasteiger partial charge in [0.15, 0.2) is 5.15 Å². The van der Waals surface area contributed by atoms with E-state index >= 15 is 0 Å². The van der Waals surface area contributed by atoms with Crippen molar-refractivity contribution in [3.63, 3.8) is 0 Å². The van der Waals surface area contributed by atoms with Crippen LogP contribution in [0.3, 0.4) is 0 Å². The van der Waals surface area contributed by atoms with Gasteiger partial charge in [0.05, 0.1) is 5.56 Å². The predicted molar refractivity (Wildman–Crippen MR) is 74.8 cm³/mol. The van der Waals surface area contributed by atoms with Crippen molar-refractivity contribution in [2.45, 2.75) is 25.7 Å². The van der Waals surface area contributed by atoms with Gasteiger partial charge in [-0.05, 0) is 24.0 Å². The molecule has 2 aromatic heterocycles. The molecule has 0 saturated heterocycles. The van der Waals surface area contributed by atoms with Crippen LogP contribution in [0.2, 0.25) is 5.15 Å². The molecular formula is C13H13ClN4O2. The van der Waals surface area contributed by atoms with Gasteiger partial charge in [-0.15, -0.1) is 10.2 Å². The lowest BCUT2D eigenvalue weighted by molar-refractivity contribution is 0.314. The zero-order valence-corrected chi connectivity index (χ0v) is 11.4. The van der Waals surface area contributed by atoms with Crippen LogP contribution in [0.4, 0.5) is 0 Å². The molecule has 0 spiro atoms. The average molecular weight is 293 g/mol. The van der Waals surface area contributed by atoms with Crippen LogP contribution in [0, 0.1) is 5.92 Å². The van der Waals surface area contributed by atoms with E-state index in [1.165, 1.54) is 25.5 Å². The second-order valence-electron chi connectivity index (χ2n) is 5.03. The van der Waals surface area contributed by atoms with Gasteiger partial charge in [0, 0.05) is 6.20 Å². The van der Waals surface area contributed by atoms with Crippen molar-refractivity contribution < 1.29 is 0 Å². The zero-order valence-electron chi connectivity index (χ0n) is 10.6. The number of aromatic amines is 2. The molecule has 0 atom stereocenters. The molecular weight excluding hydrogens is 280 g/mol. The van der Waals surface area contributed by atoms with Crippen molar-refractivity contribution in [2.24, 2.45) is 5.92 Å². The van der Waals surface area contributed by atoms with E-state index in [0.717, 1.165) is 12.0 Å². The molecule has 2 heterocycles. The van der Waals surface area contributed by atoms with Crippen LogP contribution in [0.5, 0.6) is 0 Å². The Morgan fingerprint density at radius 2 is 2.10 bits per heavy atom. The van der Waals surface area contributed by atoms with Crippen molar-refractivity contribution >= 4 is 11.6 Å². The second kappa shape index (κ2) is 5.20. The fourth-order valence-electron chi connectivity index (χ4n) is 2.30. The minimum atomic E-state index is -0.546. The normalized spacial score (nSPS) is 15.1. The molecule has 0 amide bonds. The molecule has 0 bridgehead atoms. The Balaban J connectivity index is 1.99. The number of hydrogen-bond donors (Lipinski definition) is 2. The fraction of sp³-hybridized carbons (Fsp3) is 0.385. The topological polar surface area (TPSA) is 91.5 Å². The van der Waals surface area contributed by atoms with E-state index in [4.69, 9.17) is 11.6 Å². The molecule has 7 heteroatoms. The van der Waals surface area contributed by atoms with Gasteiger partial charge in [0.2, 0.25) is 0 Å². The number of H-pyrrole nitrogens is 2. The molecule has 1 saturated carbocycles. The molecule has 1 fully saturated rings. The van der Waals surface area contributed by atoms with Gasteiger partial charge in [0.1, 0.15) is 5.69 Å². The van der Waals surface area contributed by atoms with Crippen LogP contribution in [0.25, 0.3) is 11.3 Å². The van der Waals surface area contributed by atoms with Gasteiger partial charge < -0.3 is 4.98 Å². The third kappa shape index (κ3) is 2.51. The summed E-state index contributed by atoms with van der Waals surface area (Å²) in [5.41, 5.74) is 0.562. The third-order valence-corrected chi connectivity index (χ3v) is 3.97. The number of nitrogens with one attached hydrogen (secondary N) is 2. The summed E-state index contributed by atoms with van der Waals surface area (Å²) in [5, 5.41) is 8.20. The first-order valence-corrected chi connectivity index (χ1v) is 6.86. The molecule has 2 aromatic rings. The summed E-state index contributed by atoms with van der Waals surface area (Å²) < 4.78 is 0. The highest BCUT2D eigenvalue weighted by molar-refractivity contribution is 6.30. The van der Waals surface area contributed by atoms with Gasteiger partial charge in [-0.2, -0.15) is 0 Å². The van der Waals surface area contributed by atoms with E-state index in [9.17, 15) is 9.59 Å². The Morgan fingerprint density at radius 1 is 1.30 bits per heavy atom. The van der Waals surface area contributed by atoms with E-state index in [1.54, 1.807) is 6.07 Å². The summed E-state index contributed by atoms with van der Waals surface area (Å²) >= 11 is 6.06. The molecule has 2 N–H and O–H groups in total. The number of hydrogen-bond acceptors (Lipinski definition) is 4. The Kier molecular flexibility index (Phi) is 3.40. The van der Waals surface area contributed by atoms with Crippen molar-refractivity contribution in [3.8, 4) is 11.3 Å². The van der Waals surface area contributed by atoms with Crippen LogP contribution in [-0.2, 0) is 6.42 Å². The molecule has 0 unspecified atom stereocenters. The Hall–Kier alpha value is -1.95. The Morgan fingerprint density at radius 3 is 2.75 bits per heavy atom. The lowest BCUT2D eigenvalue weighted by Gasteiger charge is -2.25. The summed E-state index contributed by atoms with van der Waals surface area (Å²) in [6, 6.07) is 1.77. The number of aromatic nitrogens is 4. The van der Waals surface area contributed by atoms with E-state index in [-0.39, 0.29) is 5.56 Å². The van der Waals surface area contributed by atoms with E-state index < -0.39 is 11.2 Å². The van der Waals surface area contributed by atoms with Crippen molar-refractivity contribution in [3.05, 3.63) is 43.8 Å². The predicted octanol–water partition coefficient (Wildman–Crippen LogP) is 1.52. The SMILES string of the molecule is O=c1[nH]cc(-c2cc(CC3CCC3)c(Cl)nn2)c(=O)[nH]1. The minimum Gasteiger partial charge on any atom is -0.313 e. The first-order valence-electron chi connectivity index (χ1n) is 6.48. The van der Waals surface area contributed by atoms with Crippen molar-refractivity contribution in [1.82, 2.24) is 20.2 Å². The van der Waals surface area contributed by atoms with Gasteiger partial charge in [-0.3, -0.25) is 9.78 Å². The average Bonchev–Trinajstić information content (AvgIpc) is 2.36. The van der Waals surface area contributed by atoms with Crippen LogP contribution in [0.1, 0.15) is 24.8 Å². The van der Waals surface area contributed by atoms with E-state index in [1.807, 2.05) is 0 Å². The van der Waals surface area contributed by atoms with Gasteiger partial charge in [-0.25, -0.2) is 4.79 Å². The summed E-state index contributed by atoms with van der Waals surface area (Å²) in [7, 11) is 0. The molecule has 1 aliphatic rings. The molecule has 6 nitrogen and oxygen atoms in total. The number of nitrogens with zero attached hydrogens (tertiary/aromatic N) is 2. The summed E-state index contributed by atoms with van der Waals surface area (Å²) in [5.74, 6) is 0.637. The molecule has 0 aliphatic heterocycles. The van der Waals surface area contributed by atoms with Gasteiger partial charge >= 0.3 is 5.69 Å². The van der Waals surface area contributed by atoms with Gasteiger partial charge in [0.25, 0.3) is 5.56 Å². The first-order chi connectivity index (χ1) is 9.63. The van der Waals surface area contributed by atoms with Crippen LogP contribution >= 0.6 is 11.6 Å². The lowest BCUT2D eigenvalue weighted by Crippen LogP contribution is -2.23. The molecule has 0 radical (unpaired) electrons. The summed E-state index contributed by atoms with van der Waals surface area (Å²) in [6.07, 6.45) is 5.85. The third-order valence-electron chi connectivity index (χ3n) is 3.65. The highest BCUT2D eigenvalue weighted by Gasteiger charge is 2.20. The zero-order chi connectivity index (χ0) is 14.1. The van der Waals surface area contributed by atoms with Crippen LogP contribution < -0.4 is 11.2 Å². The highest BCUT2D eigenvalue weighted by Crippen LogP contribution is 2.31. The number of rotatable bonds is 3. The Labute approximate surface area is 119 Å². The maximum Gasteiger partial charge on any atom is 0.325 e. The lowest BCUT2D eigenvalue weighted by atomic mass is 9.81. The second-order valence-corrected chi connectivity index (χ2v) is 5.39. The summed E-state index contributed by atoms with van der Waals surface area (Å²) in [6.45, 7) is 0. The standard InChI is InChI=1S/C13H13ClN4O2/c14-11-8(4-7-2-1-3-7)5-10(17-18-11)9-6-15-13(20)16-12(9)19/h5-7H,1-4H2,(H2,15,16,19,20). The molecule has 1 aliphatic carbocycles.